The number of hydrogen-bond acceptors (Lipinski definition) is 3. The van der Waals surface area contributed by atoms with Crippen molar-refractivity contribution in [3.8, 4) is 0 Å². The van der Waals surface area contributed by atoms with Gasteiger partial charge in [0.1, 0.15) is 0 Å². The molecule has 1 N–H and O–H groups in total. The second kappa shape index (κ2) is 5.17. The van der Waals surface area contributed by atoms with Gasteiger partial charge in [-0.25, -0.2) is 0 Å². The second-order valence-corrected chi connectivity index (χ2v) is 6.72. The van der Waals surface area contributed by atoms with Crippen LogP contribution in [0.4, 0.5) is 0 Å². The first kappa shape index (κ1) is 13.6. The van der Waals surface area contributed by atoms with Gasteiger partial charge in [-0.3, -0.25) is 4.90 Å². The van der Waals surface area contributed by atoms with Gasteiger partial charge in [-0.05, 0) is 37.2 Å². The van der Waals surface area contributed by atoms with Crippen molar-refractivity contribution in [2.75, 3.05) is 39.9 Å². The van der Waals surface area contributed by atoms with Crippen LogP contribution in [0.3, 0.4) is 0 Å². The lowest BCUT2D eigenvalue weighted by molar-refractivity contribution is -0.103. The van der Waals surface area contributed by atoms with Crippen LogP contribution in [0.15, 0.2) is 22.7 Å². The molecular weight excluding hydrogens is 304 g/mol. The van der Waals surface area contributed by atoms with E-state index in [9.17, 15) is 0 Å². The molecule has 0 radical (unpaired) electrons. The number of rotatable bonds is 2. The molecule has 2 aliphatic heterocycles. The lowest BCUT2D eigenvalue weighted by Gasteiger charge is -2.52. The molecule has 2 heterocycles. The zero-order valence-electron chi connectivity index (χ0n) is 11.6. The van der Waals surface area contributed by atoms with Crippen LogP contribution in [-0.2, 0) is 10.2 Å². The molecule has 2 saturated heterocycles. The van der Waals surface area contributed by atoms with E-state index >= 15 is 0 Å². The van der Waals surface area contributed by atoms with Gasteiger partial charge in [0.15, 0.2) is 0 Å². The smallest absolute Gasteiger partial charge is 0.0601 e. The van der Waals surface area contributed by atoms with Gasteiger partial charge in [0.05, 0.1) is 18.6 Å². The van der Waals surface area contributed by atoms with Gasteiger partial charge in [0.25, 0.3) is 0 Å². The number of ether oxygens (including phenoxy) is 1. The predicted molar refractivity (Wildman–Crippen MR) is 80.7 cm³/mol. The lowest BCUT2D eigenvalue weighted by Crippen LogP contribution is -2.66. The number of nitrogens with zero attached hydrogens (tertiary/aromatic N) is 1. The van der Waals surface area contributed by atoms with E-state index in [0.29, 0.717) is 6.04 Å². The van der Waals surface area contributed by atoms with E-state index in [1.165, 1.54) is 11.1 Å². The Morgan fingerprint density at radius 3 is 2.84 bits per heavy atom. The average molecular weight is 325 g/mol. The SMILES string of the molecule is Cc1ccc(Br)cc1C1(C2CNCCN2C)COC1. The van der Waals surface area contributed by atoms with Crippen LogP contribution in [-0.4, -0.2) is 50.8 Å². The van der Waals surface area contributed by atoms with Crippen LogP contribution in [0.5, 0.6) is 0 Å². The Hall–Kier alpha value is -0.420. The topological polar surface area (TPSA) is 24.5 Å². The molecule has 1 unspecified atom stereocenters. The van der Waals surface area contributed by atoms with Crippen LogP contribution in [0, 0.1) is 6.92 Å². The van der Waals surface area contributed by atoms with Gasteiger partial charge in [0, 0.05) is 30.1 Å². The van der Waals surface area contributed by atoms with Crippen molar-refractivity contribution in [2.24, 2.45) is 0 Å². The first-order chi connectivity index (χ1) is 9.13. The Balaban J connectivity index is 2.00. The number of aryl methyl sites for hydroxylation is 1. The fourth-order valence-electron chi connectivity index (χ4n) is 3.40. The van der Waals surface area contributed by atoms with E-state index in [2.05, 4.69) is 58.3 Å². The molecule has 0 bridgehead atoms. The highest BCUT2D eigenvalue weighted by molar-refractivity contribution is 9.10. The van der Waals surface area contributed by atoms with Crippen LogP contribution in [0.25, 0.3) is 0 Å². The summed E-state index contributed by atoms with van der Waals surface area (Å²) in [5, 5.41) is 3.53. The molecule has 4 heteroatoms. The minimum Gasteiger partial charge on any atom is -0.379 e. The largest absolute Gasteiger partial charge is 0.379 e. The van der Waals surface area contributed by atoms with Crippen LogP contribution in [0.1, 0.15) is 11.1 Å². The second-order valence-electron chi connectivity index (χ2n) is 5.81. The summed E-state index contributed by atoms with van der Waals surface area (Å²) in [7, 11) is 2.24. The number of hydrogen-bond donors (Lipinski definition) is 1. The van der Waals surface area contributed by atoms with Crippen LogP contribution in [0.2, 0.25) is 0 Å². The Kier molecular flexibility index (Phi) is 3.69. The highest BCUT2D eigenvalue weighted by Crippen LogP contribution is 2.40. The molecule has 0 aromatic heterocycles. The molecular formula is C15H21BrN2O. The molecule has 1 aromatic rings. The molecule has 0 saturated carbocycles. The van der Waals surface area contributed by atoms with Gasteiger partial charge in [-0.15, -0.1) is 0 Å². The van der Waals surface area contributed by atoms with Crippen molar-refractivity contribution < 1.29 is 4.74 Å². The maximum atomic E-state index is 5.62. The lowest BCUT2D eigenvalue weighted by atomic mass is 9.70. The minimum absolute atomic E-state index is 0.149. The van der Waals surface area contributed by atoms with Crippen molar-refractivity contribution in [1.29, 1.82) is 0 Å². The first-order valence-electron chi connectivity index (χ1n) is 6.89. The molecule has 2 aliphatic rings. The summed E-state index contributed by atoms with van der Waals surface area (Å²) in [4.78, 5) is 2.49. The molecule has 2 fully saturated rings. The molecule has 1 atom stereocenters. The van der Waals surface area contributed by atoms with Gasteiger partial charge in [-0.2, -0.15) is 0 Å². The van der Waals surface area contributed by atoms with Crippen molar-refractivity contribution in [1.82, 2.24) is 10.2 Å². The number of halogens is 1. The average Bonchev–Trinajstić information content (AvgIpc) is 2.34. The molecule has 3 nitrogen and oxygen atoms in total. The van der Waals surface area contributed by atoms with Gasteiger partial charge < -0.3 is 10.1 Å². The number of piperazine rings is 1. The number of nitrogens with one attached hydrogen (secondary N) is 1. The summed E-state index contributed by atoms with van der Waals surface area (Å²) in [6.45, 7) is 7.12. The van der Waals surface area contributed by atoms with Crippen LogP contribution < -0.4 is 5.32 Å². The monoisotopic (exact) mass is 324 g/mol. The third-order valence-corrected chi connectivity index (χ3v) is 5.10. The Morgan fingerprint density at radius 2 is 2.21 bits per heavy atom. The Bertz CT molecular complexity index is 473. The summed E-state index contributed by atoms with van der Waals surface area (Å²) in [6.07, 6.45) is 0. The molecule has 1 aromatic carbocycles. The fourth-order valence-corrected chi connectivity index (χ4v) is 3.76. The number of likely N-dealkylation sites (N-methyl/N-ethyl adjacent to an activating group) is 1. The minimum atomic E-state index is 0.149. The summed E-state index contributed by atoms with van der Waals surface area (Å²) >= 11 is 3.61. The Morgan fingerprint density at radius 1 is 1.42 bits per heavy atom. The van der Waals surface area contributed by atoms with Gasteiger partial charge >= 0.3 is 0 Å². The molecule has 0 amide bonds. The molecule has 104 valence electrons. The number of benzene rings is 1. The zero-order chi connectivity index (χ0) is 13.5. The Labute approximate surface area is 123 Å². The van der Waals surface area contributed by atoms with Crippen molar-refractivity contribution >= 4 is 15.9 Å². The highest BCUT2D eigenvalue weighted by Gasteiger charge is 2.49. The maximum Gasteiger partial charge on any atom is 0.0601 e. The third kappa shape index (κ3) is 2.25. The van der Waals surface area contributed by atoms with Gasteiger partial charge in [-0.1, -0.05) is 22.0 Å². The van der Waals surface area contributed by atoms with E-state index in [1.54, 1.807) is 0 Å². The van der Waals surface area contributed by atoms with E-state index < -0.39 is 0 Å². The predicted octanol–water partition coefficient (Wildman–Crippen LogP) is 1.93. The highest BCUT2D eigenvalue weighted by atomic mass is 79.9. The van der Waals surface area contributed by atoms with Crippen LogP contribution >= 0.6 is 15.9 Å². The maximum absolute atomic E-state index is 5.62. The zero-order valence-corrected chi connectivity index (χ0v) is 13.2. The molecule has 0 aliphatic carbocycles. The van der Waals surface area contributed by atoms with Gasteiger partial charge in [0.2, 0.25) is 0 Å². The summed E-state index contributed by atoms with van der Waals surface area (Å²) < 4.78 is 6.78. The van der Waals surface area contributed by atoms with E-state index in [1.807, 2.05) is 0 Å². The normalized spacial score (nSPS) is 27.0. The fraction of sp³-hybridized carbons (Fsp3) is 0.600. The quantitative estimate of drug-likeness (QED) is 0.899. The summed E-state index contributed by atoms with van der Waals surface area (Å²) in [6, 6.07) is 7.12. The molecule has 19 heavy (non-hydrogen) atoms. The van der Waals surface area contributed by atoms with E-state index in [0.717, 1.165) is 37.3 Å². The van der Waals surface area contributed by atoms with Crippen molar-refractivity contribution in [3.63, 3.8) is 0 Å². The van der Waals surface area contributed by atoms with Crippen molar-refractivity contribution in [3.05, 3.63) is 33.8 Å². The molecule has 0 spiro atoms. The summed E-state index contributed by atoms with van der Waals surface area (Å²) in [5.41, 5.74) is 2.95. The van der Waals surface area contributed by atoms with E-state index in [4.69, 9.17) is 4.74 Å². The summed E-state index contributed by atoms with van der Waals surface area (Å²) in [5.74, 6) is 0. The molecule has 3 rings (SSSR count). The van der Waals surface area contributed by atoms with Crippen molar-refractivity contribution in [2.45, 2.75) is 18.4 Å². The van der Waals surface area contributed by atoms with E-state index in [-0.39, 0.29) is 5.41 Å². The standard InChI is InChI=1S/C15H21BrN2O/c1-11-3-4-12(16)7-13(11)15(9-19-10-15)14-8-17-5-6-18(14)2/h3-4,7,14,17H,5-6,8-10H2,1-2H3. The first-order valence-corrected chi connectivity index (χ1v) is 7.68. The third-order valence-electron chi connectivity index (χ3n) is 4.60.